The van der Waals surface area contributed by atoms with Crippen molar-refractivity contribution in [1.29, 1.82) is 0 Å². The lowest BCUT2D eigenvalue weighted by Gasteiger charge is -2.29. The molecule has 2 fully saturated rings. The van der Waals surface area contributed by atoms with E-state index in [2.05, 4.69) is 20.6 Å². The lowest BCUT2D eigenvalue weighted by molar-refractivity contribution is -0.119. The molecule has 2 aliphatic rings. The van der Waals surface area contributed by atoms with Gasteiger partial charge < -0.3 is 15.4 Å². The maximum Gasteiger partial charge on any atom is 0.414 e. The van der Waals surface area contributed by atoms with Crippen molar-refractivity contribution in [3.8, 4) is 11.3 Å². The van der Waals surface area contributed by atoms with Gasteiger partial charge in [0.15, 0.2) is 5.82 Å². The molecule has 2 N–H and O–H groups in total. The molecule has 1 saturated heterocycles. The first-order valence-corrected chi connectivity index (χ1v) is 10.6. The number of ether oxygens (including phenoxy) is 1. The van der Waals surface area contributed by atoms with Crippen LogP contribution in [-0.2, 0) is 9.53 Å². The Balaban J connectivity index is 1.48. The van der Waals surface area contributed by atoms with Gasteiger partial charge in [0.1, 0.15) is 5.69 Å². The molecule has 4 rings (SSSR count). The second-order valence-electron chi connectivity index (χ2n) is 7.95. The van der Waals surface area contributed by atoms with Crippen molar-refractivity contribution in [3.05, 3.63) is 36.3 Å². The Hall–Kier alpha value is -3.23. The van der Waals surface area contributed by atoms with E-state index >= 15 is 0 Å². The predicted octanol–water partition coefficient (Wildman–Crippen LogP) is 3.49. The third-order valence-electron chi connectivity index (χ3n) is 5.62. The number of anilines is 2. The highest BCUT2D eigenvalue weighted by Gasteiger charge is 2.24. The second kappa shape index (κ2) is 9.28. The fourth-order valence-corrected chi connectivity index (χ4v) is 4.10. The summed E-state index contributed by atoms with van der Waals surface area (Å²) in [5.41, 5.74) is 1.39. The molecule has 0 radical (unpaired) electrons. The van der Waals surface area contributed by atoms with Gasteiger partial charge in [-0.2, -0.15) is 0 Å². The third kappa shape index (κ3) is 5.10. The van der Waals surface area contributed by atoms with Gasteiger partial charge in [-0.1, -0.05) is 12.1 Å². The average Bonchev–Trinajstić information content (AvgIpc) is 2.76. The number of rotatable bonds is 5. The van der Waals surface area contributed by atoms with E-state index in [9.17, 15) is 14.0 Å². The molecule has 1 saturated carbocycles. The van der Waals surface area contributed by atoms with Crippen LogP contribution in [0.15, 0.2) is 30.5 Å². The maximum absolute atomic E-state index is 14.6. The van der Waals surface area contributed by atoms with Gasteiger partial charge in [0.05, 0.1) is 12.8 Å². The zero-order valence-electron chi connectivity index (χ0n) is 17.4. The van der Waals surface area contributed by atoms with Crippen molar-refractivity contribution in [2.45, 2.75) is 51.1 Å². The number of cyclic esters (lactones) is 1. The van der Waals surface area contributed by atoms with Crippen molar-refractivity contribution < 1.29 is 18.7 Å². The molecular formula is C22H26FN5O3. The van der Waals surface area contributed by atoms with E-state index in [1.54, 1.807) is 29.2 Å². The Kier molecular flexibility index (Phi) is 6.29. The highest BCUT2D eigenvalue weighted by Crippen LogP contribution is 2.28. The van der Waals surface area contributed by atoms with E-state index in [1.807, 2.05) is 0 Å². The van der Waals surface area contributed by atoms with Crippen LogP contribution < -0.4 is 15.5 Å². The van der Waals surface area contributed by atoms with Crippen molar-refractivity contribution >= 4 is 23.6 Å². The van der Waals surface area contributed by atoms with Crippen LogP contribution in [0, 0.1) is 5.82 Å². The molecule has 1 aliphatic carbocycles. The Morgan fingerprint density at radius 2 is 2.00 bits per heavy atom. The number of aromatic nitrogens is 2. The van der Waals surface area contributed by atoms with Crippen LogP contribution in [0.4, 0.5) is 20.8 Å². The third-order valence-corrected chi connectivity index (χ3v) is 5.62. The Morgan fingerprint density at radius 1 is 1.23 bits per heavy atom. The summed E-state index contributed by atoms with van der Waals surface area (Å²) < 4.78 is 19.7. The van der Waals surface area contributed by atoms with Crippen LogP contribution in [0.2, 0.25) is 0 Å². The fraction of sp³-hybridized carbons (Fsp3) is 0.455. The summed E-state index contributed by atoms with van der Waals surface area (Å²) in [6, 6.07) is 7.42. The zero-order chi connectivity index (χ0) is 21.8. The van der Waals surface area contributed by atoms with E-state index in [0.29, 0.717) is 30.4 Å². The molecule has 2 aromatic rings. The SMILES string of the molecule is CC(=O)NC1CCC(Nc2ncc(F)c(-c3cccc(N4CCCOC4=O)c3)n2)CC1. The van der Waals surface area contributed by atoms with E-state index in [4.69, 9.17) is 4.74 Å². The minimum atomic E-state index is -0.529. The van der Waals surface area contributed by atoms with Crippen LogP contribution in [-0.4, -0.2) is 47.2 Å². The number of carbonyl (C=O) groups is 2. The molecule has 0 unspecified atom stereocenters. The van der Waals surface area contributed by atoms with Crippen LogP contribution in [0.1, 0.15) is 39.0 Å². The van der Waals surface area contributed by atoms with Gasteiger partial charge in [0.25, 0.3) is 0 Å². The van der Waals surface area contributed by atoms with Gasteiger partial charge in [-0.05, 0) is 44.2 Å². The summed E-state index contributed by atoms with van der Waals surface area (Å²) in [5, 5.41) is 6.25. The molecule has 0 atom stereocenters. The standard InChI is InChI=1S/C22H26FN5O3/c1-14(29)25-16-6-8-17(9-7-16)26-21-24-13-19(23)20(27-21)15-4-2-5-18(12-15)28-10-3-11-31-22(28)30/h2,4-5,12-13,16-17H,3,6-11H2,1H3,(H,25,29)(H,24,26,27). The number of halogens is 1. The molecule has 9 heteroatoms. The summed E-state index contributed by atoms with van der Waals surface area (Å²) in [6.45, 7) is 2.50. The summed E-state index contributed by atoms with van der Waals surface area (Å²) in [5.74, 6) is -0.177. The molecule has 1 aliphatic heterocycles. The second-order valence-corrected chi connectivity index (χ2v) is 7.95. The van der Waals surface area contributed by atoms with Crippen molar-refractivity contribution in [2.24, 2.45) is 0 Å². The van der Waals surface area contributed by atoms with Crippen LogP contribution >= 0.6 is 0 Å². The number of amides is 2. The van der Waals surface area contributed by atoms with E-state index in [0.717, 1.165) is 38.3 Å². The molecular weight excluding hydrogens is 401 g/mol. The van der Waals surface area contributed by atoms with Gasteiger partial charge in [0.2, 0.25) is 11.9 Å². The number of carbonyl (C=O) groups excluding carboxylic acids is 2. The number of benzene rings is 1. The topological polar surface area (TPSA) is 96.5 Å². The van der Waals surface area contributed by atoms with E-state index < -0.39 is 11.9 Å². The summed E-state index contributed by atoms with van der Waals surface area (Å²) in [7, 11) is 0. The van der Waals surface area contributed by atoms with Crippen molar-refractivity contribution in [3.63, 3.8) is 0 Å². The maximum atomic E-state index is 14.6. The number of nitrogens with zero attached hydrogens (tertiary/aromatic N) is 3. The molecule has 0 spiro atoms. The zero-order valence-corrected chi connectivity index (χ0v) is 17.4. The smallest absolute Gasteiger partial charge is 0.414 e. The summed E-state index contributed by atoms with van der Waals surface area (Å²) in [4.78, 5) is 33.3. The van der Waals surface area contributed by atoms with Gasteiger partial charge in [-0.25, -0.2) is 19.2 Å². The highest BCUT2D eigenvalue weighted by molar-refractivity contribution is 5.89. The van der Waals surface area contributed by atoms with Crippen molar-refractivity contribution in [2.75, 3.05) is 23.4 Å². The van der Waals surface area contributed by atoms with Gasteiger partial charge in [-0.15, -0.1) is 0 Å². The first kappa shape index (κ1) is 21.0. The molecule has 1 aromatic heterocycles. The monoisotopic (exact) mass is 427 g/mol. The molecule has 8 nitrogen and oxygen atoms in total. The minimum Gasteiger partial charge on any atom is -0.449 e. The lowest BCUT2D eigenvalue weighted by Crippen LogP contribution is -2.39. The first-order valence-electron chi connectivity index (χ1n) is 10.6. The van der Waals surface area contributed by atoms with Crippen LogP contribution in [0.5, 0.6) is 0 Å². The molecule has 31 heavy (non-hydrogen) atoms. The molecule has 2 amide bonds. The highest BCUT2D eigenvalue weighted by atomic mass is 19.1. The molecule has 0 bridgehead atoms. The quantitative estimate of drug-likeness (QED) is 0.758. The fourth-order valence-electron chi connectivity index (χ4n) is 4.10. The lowest BCUT2D eigenvalue weighted by atomic mass is 9.91. The van der Waals surface area contributed by atoms with Gasteiger partial charge in [-0.3, -0.25) is 9.69 Å². The predicted molar refractivity (Wildman–Crippen MR) is 114 cm³/mol. The normalized spacial score (nSPS) is 21.4. The average molecular weight is 427 g/mol. The van der Waals surface area contributed by atoms with Gasteiger partial charge >= 0.3 is 6.09 Å². The summed E-state index contributed by atoms with van der Waals surface area (Å²) in [6.07, 6.45) is 4.99. The Morgan fingerprint density at radius 3 is 2.74 bits per heavy atom. The van der Waals surface area contributed by atoms with Gasteiger partial charge in [0, 0.05) is 36.8 Å². The van der Waals surface area contributed by atoms with Crippen LogP contribution in [0.3, 0.4) is 0 Å². The largest absolute Gasteiger partial charge is 0.449 e. The van der Waals surface area contributed by atoms with E-state index in [-0.39, 0.29) is 23.7 Å². The number of nitrogens with one attached hydrogen (secondary N) is 2. The van der Waals surface area contributed by atoms with Crippen molar-refractivity contribution in [1.82, 2.24) is 15.3 Å². The molecule has 1 aromatic carbocycles. The minimum absolute atomic E-state index is 0.0111. The number of hydrogen-bond acceptors (Lipinski definition) is 6. The Bertz CT molecular complexity index is 962. The summed E-state index contributed by atoms with van der Waals surface area (Å²) >= 11 is 0. The molecule has 164 valence electrons. The Labute approximate surface area is 180 Å². The van der Waals surface area contributed by atoms with E-state index in [1.165, 1.54) is 6.92 Å². The van der Waals surface area contributed by atoms with Crippen LogP contribution in [0.25, 0.3) is 11.3 Å². The first-order chi connectivity index (χ1) is 15.0. The molecule has 2 heterocycles. The number of hydrogen-bond donors (Lipinski definition) is 2.